The van der Waals surface area contributed by atoms with Crippen molar-refractivity contribution in [3.8, 4) is 16.8 Å². The summed E-state index contributed by atoms with van der Waals surface area (Å²) >= 11 is 0. The molecule has 0 amide bonds. The number of rotatable bonds is 5. The van der Waals surface area contributed by atoms with Crippen LogP contribution in [0, 0.1) is 0 Å². The van der Waals surface area contributed by atoms with Crippen molar-refractivity contribution >= 4 is 71.6 Å². The van der Waals surface area contributed by atoms with E-state index in [1.165, 1.54) is 32.6 Å². The highest BCUT2D eigenvalue weighted by Gasteiger charge is 2.23. The molecule has 0 aliphatic carbocycles. The van der Waals surface area contributed by atoms with Crippen LogP contribution in [0.1, 0.15) is 0 Å². The number of hydrogen-bond donors (Lipinski definition) is 0. The van der Waals surface area contributed by atoms with E-state index in [2.05, 4.69) is 185 Å². The second-order valence-corrected chi connectivity index (χ2v) is 12.5. The van der Waals surface area contributed by atoms with E-state index >= 15 is 0 Å². The van der Waals surface area contributed by atoms with Crippen LogP contribution in [-0.2, 0) is 0 Å². The van der Waals surface area contributed by atoms with Crippen LogP contribution in [0.25, 0.3) is 71.3 Å². The predicted octanol–water partition coefficient (Wildman–Crippen LogP) is 13.0. The number of anilines is 3. The van der Waals surface area contributed by atoms with Gasteiger partial charge in [0.15, 0.2) is 5.58 Å². The molecule has 8 aromatic carbocycles. The highest BCUT2D eigenvalue weighted by atomic mass is 16.3. The van der Waals surface area contributed by atoms with E-state index in [-0.39, 0.29) is 0 Å². The maximum Gasteiger partial charge on any atom is 0.159 e. The largest absolute Gasteiger partial charge is 0.454 e. The molecule has 0 N–H and O–H groups in total. The van der Waals surface area contributed by atoms with Crippen molar-refractivity contribution in [3.63, 3.8) is 0 Å². The summed E-state index contributed by atoms with van der Waals surface area (Å²) in [5, 5.41) is 7.09. The first-order chi connectivity index (χ1) is 24.3. The quantitative estimate of drug-likeness (QED) is 0.190. The van der Waals surface area contributed by atoms with Crippen molar-refractivity contribution in [3.05, 3.63) is 182 Å². The lowest BCUT2D eigenvalue weighted by Gasteiger charge is -2.28. The number of fused-ring (bicyclic) bond motifs is 7. The van der Waals surface area contributed by atoms with Crippen LogP contribution in [0.15, 0.2) is 186 Å². The molecule has 0 atom stereocenters. The molecule has 0 radical (unpaired) electrons. The van der Waals surface area contributed by atoms with Gasteiger partial charge in [0.05, 0.1) is 22.4 Å². The van der Waals surface area contributed by atoms with Gasteiger partial charge in [-0.25, -0.2) is 0 Å². The van der Waals surface area contributed by atoms with E-state index in [1.807, 2.05) is 6.07 Å². The van der Waals surface area contributed by atoms with Crippen LogP contribution >= 0.6 is 0 Å². The number of aromatic nitrogens is 1. The lowest BCUT2D eigenvalue weighted by Crippen LogP contribution is -2.11. The number of hydrogen-bond acceptors (Lipinski definition) is 2. The Kier molecular flexibility index (Phi) is 6.18. The fourth-order valence-corrected chi connectivity index (χ4v) is 7.63. The molecule has 0 saturated heterocycles. The van der Waals surface area contributed by atoms with Crippen molar-refractivity contribution in [2.45, 2.75) is 0 Å². The van der Waals surface area contributed by atoms with E-state index in [0.29, 0.717) is 0 Å². The minimum atomic E-state index is 0.861. The first kappa shape index (κ1) is 27.5. The number of benzene rings is 8. The maximum absolute atomic E-state index is 6.71. The van der Waals surface area contributed by atoms with E-state index in [4.69, 9.17) is 4.42 Å². The van der Waals surface area contributed by atoms with E-state index < -0.39 is 0 Å². The summed E-state index contributed by atoms with van der Waals surface area (Å²) in [6.07, 6.45) is 0. The normalized spacial score (nSPS) is 11.7. The molecule has 3 heteroatoms. The highest BCUT2D eigenvalue weighted by molar-refractivity contribution is 6.13. The van der Waals surface area contributed by atoms with Crippen LogP contribution in [0.4, 0.5) is 17.1 Å². The predicted molar refractivity (Wildman–Crippen MR) is 206 cm³/mol. The zero-order valence-electron chi connectivity index (χ0n) is 26.6. The second-order valence-electron chi connectivity index (χ2n) is 12.5. The van der Waals surface area contributed by atoms with Gasteiger partial charge in [0.1, 0.15) is 5.58 Å². The summed E-state index contributed by atoms with van der Waals surface area (Å²) in [6.45, 7) is 0. The number of furan rings is 1. The van der Waals surface area contributed by atoms with Gasteiger partial charge in [-0.15, -0.1) is 0 Å². The van der Waals surface area contributed by atoms with Crippen LogP contribution < -0.4 is 4.90 Å². The molecule has 2 heterocycles. The molecular weight excluding hydrogens is 597 g/mol. The Bertz CT molecular complexity index is 2840. The van der Waals surface area contributed by atoms with Crippen LogP contribution in [0.2, 0.25) is 0 Å². The molecule has 10 aromatic rings. The topological polar surface area (TPSA) is 21.3 Å². The first-order valence-electron chi connectivity index (χ1n) is 16.7. The summed E-state index contributed by atoms with van der Waals surface area (Å²) in [6, 6.07) is 64.9. The van der Waals surface area contributed by atoms with E-state index in [0.717, 1.165) is 55.8 Å². The lowest BCUT2D eigenvalue weighted by atomic mass is 9.96. The minimum Gasteiger partial charge on any atom is -0.454 e. The molecule has 0 saturated carbocycles. The van der Waals surface area contributed by atoms with Gasteiger partial charge in [0.2, 0.25) is 0 Å². The Morgan fingerprint density at radius 2 is 1.04 bits per heavy atom. The molecule has 10 rings (SSSR count). The summed E-state index contributed by atoms with van der Waals surface area (Å²) in [5.41, 5.74) is 10.7. The average molecular weight is 627 g/mol. The van der Waals surface area contributed by atoms with Gasteiger partial charge >= 0.3 is 0 Å². The van der Waals surface area contributed by atoms with Crippen molar-refractivity contribution < 1.29 is 4.42 Å². The molecule has 0 aliphatic rings. The molecule has 230 valence electrons. The molecule has 0 aliphatic heterocycles. The van der Waals surface area contributed by atoms with Crippen LogP contribution in [0.3, 0.4) is 0 Å². The third-order valence-corrected chi connectivity index (χ3v) is 9.78. The monoisotopic (exact) mass is 626 g/mol. The summed E-state index contributed by atoms with van der Waals surface area (Å²) in [4.78, 5) is 2.38. The maximum atomic E-state index is 6.71. The molecular formula is C46H30N2O. The van der Waals surface area contributed by atoms with Crippen molar-refractivity contribution in [1.29, 1.82) is 0 Å². The summed E-state index contributed by atoms with van der Waals surface area (Å²) in [5.74, 6) is 0. The Morgan fingerprint density at radius 3 is 1.96 bits per heavy atom. The van der Waals surface area contributed by atoms with Gasteiger partial charge in [-0.1, -0.05) is 133 Å². The lowest BCUT2D eigenvalue weighted by molar-refractivity contribution is 0.669. The highest BCUT2D eigenvalue weighted by Crippen LogP contribution is 2.47. The average Bonchev–Trinajstić information content (AvgIpc) is 3.71. The van der Waals surface area contributed by atoms with Crippen molar-refractivity contribution in [2.75, 3.05) is 4.90 Å². The van der Waals surface area contributed by atoms with Gasteiger partial charge in [-0.2, -0.15) is 0 Å². The Hall–Kier alpha value is -6.58. The van der Waals surface area contributed by atoms with E-state index in [9.17, 15) is 0 Å². The van der Waals surface area contributed by atoms with Gasteiger partial charge < -0.3 is 13.9 Å². The van der Waals surface area contributed by atoms with E-state index in [1.54, 1.807) is 0 Å². The molecule has 0 fully saturated rings. The molecule has 49 heavy (non-hydrogen) atoms. The zero-order valence-corrected chi connectivity index (χ0v) is 26.6. The second kappa shape index (κ2) is 11.0. The Morgan fingerprint density at radius 1 is 0.408 bits per heavy atom. The Balaban J connectivity index is 1.30. The van der Waals surface area contributed by atoms with Gasteiger partial charge in [0, 0.05) is 38.5 Å². The third-order valence-electron chi connectivity index (χ3n) is 9.78. The zero-order chi connectivity index (χ0) is 32.3. The molecule has 0 spiro atoms. The molecule has 0 unspecified atom stereocenters. The SMILES string of the molecule is c1ccc(-n2c3ccccc3c3ccc(N(c4ccccc4-c4cccc5ccccc45)c4cccc5c4oc4ccccc45)cc32)cc1. The summed E-state index contributed by atoms with van der Waals surface area (Å²) in [7, 11) is 0. The van der Waals surface area contributed by atoms with Crippen LogP contribution in [0.5, 0.6) is 0 Å². The van der Waals surface area contributed by atoms with Crippen LogP contribution in [-0.4, -0.2) is 4.57 Å². The smallest absolute Gasteiger partial charge is 0.159 e. The van der Waals surface area contributed by atoms with Gasteiger partial charge in [0.25, 0.3) is 0 Å². The molecule has 2 aromatic heterocycles. The molecule has 0 bridgehead atoms. The van der Waals surface area contributed by atoms with Gasteiger partial charge in [-0.05, 0) is 64.9 Å². The fraction of sp³-hybridized carbons (Fsp3) is 0. The third kappa shape index (κ3) is 4.29. The standard InChI is InChI=1S/C46H30N2O/c1-2-16-32(17-3-1)47-42-25-10-7-20-37(42)38-29-28-33(30-44(38)47)48(43-26-13-23-40-39-21-8-11-27-45(39)49-46(40)43)41-24-9-6-19-36(41)35-22-12-15-31-14-4-5-18-34(31)35/h1-30H. The van der Waals surface area contributed by atoms with Crippen molar-refractivity contribution in [1.82, 2.24) is 4.57 Å². The van der Waals surface area contributed by atoms with Gasteiger partial charge in [-0.3, -0.25) is 0 Å². The van der Waals surface area contributed by atoms with Crippen molar-refractivity contribution in [2.24, 2.45) is 0 Å². The summed E-state index contributed by atoms with van der Waals surface area (Å²) < 4.78 is 9.08. The Labute approximate surface area is 283 Å². The number of nitrogens with zero attached hydrogens (tertiary/aromatic N) is 2. The first-order valence-corrected chi connectivity index (χ1v) is 16.7. The number of para-hydroxylation sites is 5. The molecule has 3 nitrogen and oxygen atoms in total. The fourth-order valence-electron chi connectivity index (χ4n) is 7.63. The minimum absolute atomic E-state index is 0.861.